The lowest BCUT2D eigenvalue weighted by atomic mass is 9.98. The Balaban J connectivity index is 2.29. The van der Waals surface area contributed by atoms with Gasteiger partial charge in [0.1, 0.15) is 0 Å². The van der Waals surface area contributed by atoms with Gasteiger partial charge < -0.3 is 5.11 Å². The Morgan fingerprint density at radius 2 is 1.83 bits per heavy atom. The van der Waals surface area contributed by atoms with Crippen LogP contribution in [0, 0.1) is 17.5 Å². The van der Waals surface area contributed by atoms with E-state index in [2.05, 4.69) is 0 Å². The third-order valence-corrected chi connectivity index (χ3v) is 2.83. The second-order valence-corrected chi connectivity index (χ2v) is 3.99. The highest BCUT2D eigenvalue weighted by molar-refractivity contribution is 5.93. The molecule has 1 saturated heterocycles. The summed E-state index contributed by atoms with van der Waals surface area (Å²) in [6.45, 7) is -0.182. The number of benzene rings is 1. The van der Waals surface area contributed by atoms with Crippen molar-refractivity contribution in [3.8, 4) is 0 Å². The van der Waals surface area contributed by atoms with Gasteiger partial charge >= 0.3 is 6.09 Å². The number of rotatable bonds is 1. The van der Waals surface area contributed by atoms with Gasteiger partial charge in [0.05, 0.1) is 0 Å². The van der Waals surface area contributed by atoms with Gasteiger partial charge in [0.15, 0.2) is 17.5 Å². The summed E-state index contributed by atoms with van der Waals surface area (Å²) in [4.78, 5) is 22.6. The zero-order valence-corrected chi connectivity index (χ0v) is 8.99. The zero-order chi connectivity index (χ0) is 13.4. The molecule has 96 valence electrons. The number of hydrogen-bond acceptors (Lipinski definition) is 2. The molecule has 1 aliphatic heterocycles. The van der Waals surface area contributed by atoms with Crippen molar-refractivity contribution in [1.82, 2.24) is 4.90 Å². The van der Waals surface area contributed by atoms with E-state index in [1.165, 1.54) is 0 Å². The van der Waals surface area contributed by atoms with Crippen molar-refractivity contribution in [3.05, 3.63) is 35.1 Å². The van der Waals surface area contributed by atoms with Crippen molar-refractivity contribution in [2.24, 2.45) is 0 Å². The molecule has 18 heavy (non-hydrogen) atoms. The molecule has 0 bridgehead atoms. The van der Waals surface area contributed by atoms with Gasteiger partial charge in [-0.15, -0.1) is 0 Å². The van der Waals surface area contributed by atoms with Crippen LogP contribution in [0.2, 0.25) is 0 Å². The van der Waals surface area contributed by atoms with Gasteiger partial charge in [-0.2, -0.15) is 0 Å². The zero-order valence-electron chi connectivity index (χ0n) is 8.99. The molecule has 1 heterocycles. The Labute approximate surface area is 99.6 Å². The van der Waals surface area contributed by atoms with Crippen molar-refractivity contribution in [3.63, 3.8) is 0 Å². The molecule has 1 aliphatic rings. The highest BCUT2D eigenvalue weighted by Crippen LogP contribution is 2.29. The topological polar surface area (TPSA) is 57.6 Å². The van der Waals surface area contributed by atoms with Crippen molar-refractivity contribution in [1.29, 1.82) is 0 Å². The third-order valence-electron chi connectivity index (χ3n) is 2.83. The molecule has 0 saturated carbocycles. The molecular weight excluding hydrogens is 251 g/mol. The SMILES string of the molecule is O=C(O)N1C[C@H](c2cc(F)c(F)c(F)c2)CC1=O. The van der Waals surface area contributed by atoms with Crippen LogP contribution in [0.4, 0.5) is 18.0 Å². The van der Waals surface area contributed by atoms with Gasteiger partial charge in [0, 0.05) is 18.9 Å². The molecule has 0 spiro atoms. The molecule has 1 N–H and O–H groups in total. The number of likely N-dealkylation sites (tertiary alicyclic amines) is 1. The van der Waals surface area contributed by atoms with Crippen molar-refractivity contribution in [2.45, 2.75) is 12.3 Å². The van der Waals surface area contributed by atoms with E-state index in [0.29, 0.717) is 4.90 Å². The Bertz CT molecular complexity index is 509. The van der Waals surface area contributed by atoms with Crippen LogP contribution < -0.4 is 0 Å². The van der Waals surface area contributed by atoms with Crippen LogP contribution in [0.25, 0.3) is 0 Å². The lowest BCUT2D eigenvalue weighted by molar-refractivity contribution is -0.125. The number of halogens is 3. The lowest BCUT2D eigenvalue weighted by Crippen LogP contribution is -2.30. The number of carboxylic acid groups (broad SMARTS) is 1. The Hall–Kier alpha value is -2.05. The Kier molecular flexibility index (Phi) is 2.98. The maximum Gasteiger partial charge on any atom is 0.414 e. The highest BCUT2D eigenvalue weighted by Gasteiger charge is 2.35. The first kappa shape index (κ1) is 12.4. The number of nitrogens with zero attached hydrogens (tertiary/aromatic N) is 1. The molecule has 0 radical (unpaired) electrons. The molecule has 4 nitrogen and oxygen atoms in total. The van der Waals surface area contributed by atoms with E-state index in [1.54, 1.807) is 0 Å². The lowest BCUT2D eigenvalue weighted by Gasteiger charge is -2.11. The second-order valence-electron chi connectivity index (χ2n) is 3.99. The average Bonchev–Trinajstić information content (AvgIpc) is 2.67. The summed E-state index contributed by atoms with van der Waals surface area (Å²) in [7, 11) is 0. The largest absolute Gasteiger partial charge is 0.465 e. The normalized spacial score (nSPS) is 19.4. The number of imide groups is 1. The maximum atomic E-state index is 13.0. The predicted octanol–water partition coefficient (Wildman–Crippen LogP) is 2.10. The van der Waals surface area contributed by atoms with Crippen LogP contribution in [-0.4, -0.2) is 28.6 Å². The van der Waals surface area contributed by atoms with Crippen molar-refractivity contribution in [2.75, 3.05) is 6.54 Å². The first-order valence-electron chi connectivity index (χ1n) is 5.08. The van der Waals surface area contributed by atoms with Crippen LogP contribution in [0.1, 0.15) is 17.9 Å². The number of carbonyl (C=O) groups excluding carboxylic acids is 1. The third kappa shape index (κ3) is 2.03. The second kappa shape index (κ2) is 4.32. The molecule has 1 fully saturated rings. The van der Waals surface area contributed by atoms with E-state index >= 15 is 0 Å². The molecular formula is C11H8F3NO3. The molecule has 7 heteroatoms. The van der Waals surface area contributed by atoms with E-state index < -0.39 is 35.4 Å². The summed E-state index contributed by atoms with van der Waals surface area (Å²) >= 11 is 0. The quantitative estimate of drug-likeness (QED) is 0.786. The minimum atomic E-state index is -1.59. The van der Waals surface area contributed by atoms with Gasteiger partial charge in [-0.1, -0.05) is 0 Å². The van der Waals surface area contributed by atoms with Gasteiger partial charge in [-0.05, 0) is 17.7 Å². The minimum Gasteiger partial charge on any atom is -0.465 e. The van der Waals surface area contributed by atoms with E-state index in [0.717, 1.165) is 12.1 Å². The fourth-order valence-corrected chi connectivity index (χ4v) is 1.93. The van der Waals surface area contributed by atoms with Crippen LogP contribution in [0.5, 0.6) is 0 Å². The molecule has 0 aromatic heterocycles. The summed E-state index contributed by atoms with van der Waals surface area (Å²) in [5, 5.41) is 8.70. The summed E-state index contributed by atoms with van der Waals surface area (Å²) in [5.74, 6) is -5.59. The van der Waals surface area contributed by atoms with E-state index in [1.807, 2.05) is 0 Å². The van der Waals surface area contributed by atoms with E-state index in [4.69, 9.17) is 5.11 Å². The maximum absolute atomic E-state index is 13.0. The number of carbonyl (C=O) groups is 2. The fraction of sp³-hybridized carbons (Fsp3) is 0.273. The van der Waals surface area contributed by atoms with E-state index in [-0.39, 0.29) is 18.5 Å². The van der Waals surface area contributed by atoms with Crippen molar-refractivity contribution < 1.29 is 27.9 Å². The molecule has 2 rings (SSSR count). The summed E-state index contributed by atoms with van der Waals surface area (Å²) in [5.41, 5.74) is 0.0727. The predicted molar refractivity (Wildman–Crippen MR) is 53.4 cm³/mol. The molecule has 1 aromatic carbocycles. The van der Waals surface area contributed by atoms with Crippen LogP contribution in [0.15, 0.2) is 12.1 Å². The molecule has 1 aromatic rings. The van der Waals surface area contributed by atoms with Crippen LogP contribution in [0.3, 0.4) is 0 Å². The highest BCUT2D eigenvalue weighted by atomic mass is 19.2. The van der Waals surface area contributed by atoms with Crippen LogP contribution >= 0.6 is 0 Å². The fourth-order valence-electron chi connectivity index (χ4n) is 1.93. The van der Waals surface area contributed by atoms with Gasteiger partial charge in [0.2, 0.25) is 5.91 Å². The van der Waals surface area contributed by atoms with E-state index in [9.17, 15) is 22.8 Å². The summed E-state index contributed by atoms with van der Waals surface area (Å²) in [6.07, 6.45) is -1.58. The van der Waals surface area contributed by atoms with Crippen molar-refractivity contribution >= 4 is 12.0 Å². The van der Waals surface area contributed by atoms with Gasteiger partial charge in [-0.25, -0.2) is 22.9 Å². The molecule has 1 atom stereocenters. The smallest absolute Gasteiger partial charge is 0.414 e. The summed E-state index contributed by atoms with van der Waals surface area (Å²) in [6, 6.07) is 1.56. The first-order chi connectivity index (χ1) is 8.40. The van der Waals surface area contributed by atoms with Gasteiger partial charge in [0.25, 0.3) is 0 Å². The molecule has 0 unspecified atom stereocenters. The van der Waals surface area contributed by atoms with Crippen LogP contribution in [-0.2, 0) is 4.79 Å². The molecule has 2 amide bonds. The summed E-state index contributed by atoms with van der Waals surface area (Å²) < 4.78 is 38.8. The first-order valence-corrected chi connectivity index (χ1v) is 5.08. The molecule has 0 aliphatic carbocycles. The standard InChI is InChI=1S/C11H8F3NO3/c12-7-1-5(2-8(13)10(7)14)6-3-9(16)15(4-6)11(17)18/h1-2,6H,3-4H2,(H,17,18)/t6-/m1/s1. The average molecular weight is 259 g/mol. The minimum absolute atomic E-state index is 0.0727. The number of hydrogen-bond donors (Lipinski definition) is 1. The van der Waals surface area contributed by atoms with Gasteiger partial charge in [-0.3, -0.25) is 4.79 Å². The number of amides is 2. The Morgan fingerprint density at radius 3 is 2.28 bits per heavy atom. The monoisotopic (exact) mass is 259 g/mol. The Morgan fingerprint density at radius 1 is 1.28 bits per heavy atom.